The number of carbonyl (C=O) groups is 2. The molecule has 1 atom stereocenters. The van der Waals surface area contributed by atoms with Gasteiger partial charge in [-0.3, -0.25) is 4.79 Å². The monoisotopic (exact) mass is 395 g/mol. The molecule has 2 aromatic rings. The van der Waals surface area contributed by atoms with Crippen LogP contribution in [0.15, 0.2) is 49.1 Å². The summed E-state index contributed by atoms with van der Waals surface area (Å²) in [6.07, 6.45) is 5.86. The third-order valence-electron chi connectivity index (χ3n) is 3.34. The molecule has 0 saturated heterocycles. The van der Waals surface area contributed by atoms with Crippen molar-refractivity contribution in [3.8, 4) is 0 Å². The summed E-state index contributed by atoms with van der Waals surface area (Å²) in [6, 6.07) is 8.87. The van der Waals surface area contributed by atoms with Crippen molar-refractivity contribution >= 4 is 11.9 Å². The smallest absolute Gasteiger partial charge is 0.328 e. The molecule has 0 spiro atoms. The second-order valence-corrected chi connectivity index (χ2v) is 5.31. The third kappa shape index (κ3) is 6.16. The summed E-state index contributed by atoms with van der Waals surface area (Å²) >= 11 is 0. The Bertz CT molecular complexity index is 658. The highest BCUT2D eigenvalue weighted by Gasteiger charge is 2.23. The fourth-order valence-corrected chi connectivity index (χ4v) is 2.29. The molecule has 1 amide bonds. The van der Waals surface area contributed by atoms with Crippen LogP contribution in [0.2, 0.25) is 0 Å². The molecule has 1 aromatic heterocycles. The van der Waals surface area contributed by atoms with Gasteiger partial charge in [-0.2, -0.15) is 0 Å². The van der Waals surface area contributed by atoms with Gasteiger partial charge in [-0.05, 0) is 12.5 Å². The van der Waals surface area contributed by atoms with Crippen molar-refractivity contribution in [2.24, 2.45) is 7.05 Å². The molecule has 0 radical (unpaired) electrons. The first-order valence-electron chi connectivity index (χ1n) is 7.59. The molecule has 0 saturated carbocycles. The van der Waals surface area contributed by atoms with Crippen molar-refractivity contribution in [2.75, 3.05) is 6.61 Å². The molecule has 1 heterocycles. The first kappa shape index (κ1) is 19.9. The standard InChI is InChI=1S/C17H21N3O3.BrH/c1-3-23-17(22)15(11-14-7-5-4-6-8-14)18-16(21)12-20-10-9-19(2)13-20;/h4-10,13,15H,3,11-12H2,1-2H3;1H/t15-;/m0./s1. The molecule has 6 nitrogen and oxygen atoms in total. The van der Waals surface area contributed by atoms with Gasteiger partial charge in [-0.25, -0.2) is 13.9 Å². The first-order chi connectivity index (χ1) is 11.1. The molecule has 7 heteroatoms. The van der Waals surface area contributed by atoms with Gasteiger partial charge >= 0.3 is 5.97 Å². The number of esters is 1. The molecule has 0 fully saturated rings. The lowest BCUT2D eigenvalue weighted by molar-refractivity contribution is -0.671. The number of ether oxygens (including phenoxy) is 1. The molecule has 0 unspecified atom stereocenters. The Hall–Kier alpha value is -2.15. The highest BCUT2D eigenvalue weighted by atomic mass is 79.9. The zero-order valence-electron chi connectivity index (χ0n) is 13.8. The minimum atomic E-state index is -0.686. The molecule has 1 aromatic carbocycles. The lowest BCUT2D eigenvalue weighted by Crippen LogP contribution is -3.00. The van der Waals surface area contributed by atoms with E-state index in [0.717, 1.165) is 5.56 Å². The molecule has 0 aliphatic carbocycles. The van der Waals surface area contributed by atoms with E-state index in [1.165, 1.54) is 0 Å². The molecule has 2 rings (SSSR count). The number of nitrogens with one attached hydrogen (secondary N) is 1. The van der Waals surface area contributed by atoms with Gasteiger partial charge in [0.1, 0.15) is 18.4 Å². The zero-order valence-corrected chi connectivity index (χ0v) is 15.4. The number of halogens is 1. The normalized spacial score (nSPS) is 11.2. The fourth-order valence-electron chi connectivity index (χ4n) is 2.29. The van der Waals surface area contributed by atoms with Crippen molar-refractivity contribution in [1.29, 1.82) is 0 Å². The Labute approximate surface area is 152 Å². The second kappa shape index (κ2) is 9.87. The maximum Gasteiger partial charge on any atom is 0.328 e. The third-order valence-corrected chi connectivity index (χ3v) is 3.34. The van der Waals surface area contributed by atoms with Crippen LogP contribution in [0, 0.1) is 0 Å². The number of amides is 1. The predicted octanol–water partition coefficient (Wildman–Crippen LogP) is -2.39. The number of hydrogen-bond acceptors (Lipinski definition) is 3. The van der Waals surface area contributed by atoms with Gasteiger partial charge in [0.15, 0.2) is 6.54 Å². The predicted molar refractivity (Wildman–Crippen MR) is 84.3 cm³/mol. The van der Waals surface area contributed by atoms with Gasteiger partial charge < -0.3 is 27.0 Å². The Balaban J connectivity index is 0.00000288. The summed E-state index contributed by atoms with van der Waals surface area (Å²) in [5.74, 6) is -0.641. The van der Waals surface area contributed by atoms with Crippen molar-refractivity contribution in [3.05, 3.63) is 54.6 Å². The largest absolute Gasteiger partial charge is 1.00 e. The van der Waals surface area contributed by atoms with Crippen LogP contribution in [0.4, 0.5) is 0 Å². The lowest BCUT2D eigenvalue weighted by atomic mass is 10.1. The second-order valence-electron chi connectivity index (χ2n) is 5.31. The summed E-state index contributed by atoms with van der Waals surface area (Å²) in [6.45, 7) is 2.19. The summed E-state index contributed by atoms with van der Waals surface area (Å²) in [5.41, 5.74) is 0.971. The number of benzene rings is 1. The van der Waals surface area contributed by atoms with Gasteiger partial charge in [0, 0.05) is 6.42 Å². The summed E-state index contributed by atoms with van der Waals surface area (Å²) in [7, 11) is 1.88. The van der Waals surface area contributed by atoms with Crippen LogP contribution in [0.5, 0.6) is 0 Å². The van der Waals surface area contributed by atoms with Gasteiger partial charge in [0.05, 0.1) is 13.7 Å². The molecule has 0 aliphatic heterocycles. The summed E-state index contributed by atoms with van der Waals surface area (Å²) < 4.78 is 8.66. The van der Waals surface area contributed by atoms with Crippen molar-refractivity contribution < 1.29 is 35.9 Å². The molecule has 1 N–H and O–H groups in total. The Morgan fingerprint density at radius 3 is 2.58 bits per heavy atom. The molecule has 0 aliphatic rings. The van der Waals surface area contributed by atoms with Crippen LogP contribution in [-0.2, 0) is 34.3 Å². The molecule has 0 bridgehead atoms. The minimum Gasteiger partial charge on any atom is -1.00 e. The molecule has 24 heavy (non-hydrogen) atoms. The first-order valence-corrected chi connectivity index (χ1v) is 7.59. The van der Waals surface area contributed by atoms with Gasteiger partial charge in [-0.1, -0.05) is 30.3 Å². The number of aromatic nitrogens is 2. The van der Waals surface area contributed by atoms with Crippen LogP contribution < -0.4 is 26.9 Å². The summed E-state index contributed by atoms with van der Waals surface area (Å²) in [4.78, 5) is 24.3. The number of hydrogen-bond donors (Lipinski definition) is 1. The van der Waals surface area contributed by atoms with Crippen molar-refractivity contribution in [2.45, 2.75) is 25.9 Å². The van der Waals surface area contributed by atoms with E-state index >= 15 is 0 Å². The average Bonchev–Trinajstić information content (AvgIpc) is 2.93. The number of nitrogens with zero attached hydrogens (tertiary/aromatic N) is 2. The van der Waals surface area contributed by atoms with Crippen molar-refractivity contribution in [1.82, 2.24) is 9.88 Å². The highest BCUT2D eigenvalue weighted by molar-refractivity contribution is 5.84. The van der Waals surface area contributed by atoms with Crippen molar-refractivity contribution in [3.63, 3.8) is 0 Å². The molecule has 130 valence electrons. The van der Waals surface area contributed by atoms with Crippen LogP contribution in [0.3, 0.4) is 0 Å². The van der Waals surface area contributed by atoms with Gasteiger partial charge in [-0.15, -0.1) is 0 Å². The van der Waals surface area contributed by atoms with E-state index in [2.05, 4.69) is 5.32 Å². The number of rotatable bonds is 7. The topological polar surface area (TPSA) is 64.2 Å². The van der Waals surface area contributed by atoms with Gasteiger partial charge in [0.25, 0.3) is 5.91 Å². The zero-order chi connectivity index (χ0) is 16.7. The van der Waals surface area contributed by atoms with E-state index in [1.54, 1.807) is 24.0 Å². The summed E-state index contributed by atoms with van der Waals surface area (Å²) in [5, 5.41) is 2.76. The SMILES string of the molecule is CCOC(=O)[C@H](Cc1ccccc1)NC(=O)Cn1cc[n+](C)c1.[Br-]. The Morgan fingerprint density at radius 1 is 1.29 bits per heavy atom. The van der Waals surface area contributed by atoms with Crippen LogP contribution in [0.25, 0.3) is 0 Å². The van der Waals surface area contributed by atoms with E-state index in [0.29, 0.717) is 6.42 Å². The van der Waals surface area contributed by atoms with E-state index in [1.807, 2.05) is 48.1 Å². The number of aryl methyl sites for hydroxylation is 1. The highest BCUT2D eigenvalue weighted by Crippen LogP contribution is 2.05. The average molecular weight is 396 g/mol. The number of carbonyl (C=O) groups excluding carboxylic acids is 2. The van der Waals surface area contributed by atoms with Crippen LogP contribution in [0.1, 0.15) is 12.5 Å². The van der Waals surface area contributed by atoms with Crippen LogP contribution >= 0.6 is 0 Å². The van der Waals surface area contributed by atoms with E-state index < -0.39 is 12.0 Å². The molecular formula is C17H22BrN3O3. The van der Waals surface area contributed by atoms with Gasteiger partial charge in [0.2, 0.25) is 6.33 Å². The molecular weight excluding hydrogens is 374 g/mol. The van der Waals surface area contributed by atoms with E-state index in [-0.39, 0.29) is 36.0 Å². The minimum absolute atomic E-state index is 0. The lowest BCUT2D eigenvalue weighted by Gasteiger charge is -2.17. The van der Waals surface area contributed by atoms with Crippen LogP contribution in [-0.4, -0.2) is 29.1 Å². The maximum absolute atomic E-state index is 12.2. The maximum atomic E-state index is 12.2. The van der Waals surface area contributed by atoms with E-state index in [4.69, 9.17) is 4.74 Å². The number of imidazole rings is 1. The Morgan fingerprint density at radius 2 is 2.00 bits per heavy atom. The fraction of sp³-hybridized carbons (Fsp3) is 0.353. The van der Waals surface area contributed by atoms with E-state index in [9.17, 15) is 9.59 Å². The quantitative estimate of drug-likeness (QED) is 0.420. The Kier molecular flexibility index (Phi) is 8.18.